The summed E-state index contributed by atoms with van der Waals surface area (Å²) in [5.74, 6) is 0.914. The number of hydrogen-bond acceptors (Lipinski definition) is 2. The fourth-order valence-corrected chi connectivity index (χ4v) is 1.76. The van der Waals surface area contributed by atoms with Crippen molar-refractivity contribution in [3.63, 3.8) is 0 Å². The fraction of sp³-hybridized carbons (Fsp3) is 0.929. The Labute approximate surface area is 136 Å². The summed E-state index contributed by atoms with van der Waals surface area (Å²) >= 11 is 0. The van der Waals surface area contributed by atoms with Crippen LogP contribution in [0.3, 0.4) is 0 Å². The number of guanidine groups is 1. The Kier molecular flexibility index (Phi) is 16.1. The maximum Gasteiger partial charge on any atom is 0.191 e. The van der Waals surface area contributed by atoms with Gasteiger partial charge in [0.15, 0.2) is 5.96 Å². The van der Waals surface area contributed by atoms with Gasteiger partial charge in [-0.05, 0) is 47.3 Å². The second kappa shape index (κ2) is 14.4. The van der Waals surface area contributed by atoms with E-state index in [2.05, 4.69) is 48.5 Å². The summed E-state index contributed by atoms with van der Waals surface area (Å²) in [6, 6.07) is 0.433. The molecule has 0 aliphatic rings. The summed E-state index contributed by atoms with van der Waals surface area (Å²) in [7, 11) is 6.09. The zero-order valence-corrected chi connectivity index (χ0v) is 15.7. The predicted octanol–water partition coefficient (Wildman–Crippen LogP) is 2.69. The molecule has 4 nitrogen and oxygen atoms in total. The number of unbranched alkanes of at least 4 members (excludes halogenated alkanes) is 4. The Morgan fingerprint density at radius 3 is 2.16 bits per heavy atom. The molecule has 0 aliphatic carbocycles. The molecule has 0 rings (SSSR count). The van der Waals surface area contributed by atoms with E-state index < -0.39 is 0 Å². The molecule has 0 aromatic heterocycles. The van der Waals surface area contributed by atoms with Crippen molar-refractivity contribution in [1.82, 2.24) is 15.5 Å². The predicted molar refractivity (Wildman–Crippen MR) is 96.7 cm³/mol. The first-order chi connectivity index (χ1) is 8.56. The highest BCUT2D eigenvalue weighted by Crippen LogP contribution is 2.02. The molecule has 0 fully saturated rings. The van der Waals surface area contributed by atoms with E-state index in [0.29, 0.717) is 6.04 Å². The number of halogens is 1. The summed E-state index contributed by atoms with van der Waals surface area (Å²) in [5, 5.41) is 6.63. The molecule has 0 amide bonds. The van der Waals surface area contributed by atoms with Gasteiger partial charge in [0, 0.05) is 19.6 Å². The second-order valence-electron chi connectivity index (χ2n) is 5.37. The van der Waals surface area contributed by atoms with Gasteiger partial charge >= 0.3 is 0 Å². The fourth-order valence-electron chi connectivity index (χ4n) is 1.76. The van der Waals surface area contributed by atoms with E-state index in [0.717, 1.165) is 12.5 Å². The van der Waals surface area contributed by atoms with Gasteiger partial charge in [-0.3, -0.25) is 4.99 Å². The maximum absolute atomic E-state index is 4.18. The van der Waals surface area contributed by atoms with Crippen LogP contribution in [0.4, 0.5) is 0 Å². The Morgan fingerprint density at radius 2 is 1.63 bits per heavy atom. The Morgan fingerprint density at radius 1 is 1.05 bits per heavy atom. The summed E-state index contributed by atoms with van der Waals surface area (Å²) in [4.78, 5) is 6.44. The van der Waals surface area contributed by atoms with E-state index >= 15 is 0 Å². The monoisotopic (exact) mass is 384 g/mol. The Hall–Kier alpha value is -0.0400. The zero-order valence-electron chi connectivity index (χ0n) is 13.3. The normalized spacial score (nSPS) is 11.6. The van der Waals surface area contributed by atoms with Gasteiger partial charge in [0.2, 0.25) is 0 Å². The molecule has 0 aromatic rings. The van der Waals surface area contributed by atoms with Crippen LogP contribution < -0.4 is 10.6 Å². The van der Waals surface area contributed by atoms with Gasteiger partial charge in [-0.15, -0.1) is 24.0 Å². The smallest absolute Gasteiger partial charge is 0.191 e. The van der Waals surface area contributed by atoms with Crippen LogP contribution in [0.5, 0.6) is 0 Å². The van der Waals surface area contributed by atoms with Crippen molar-refractivity contribution in [2.75, 3.05) is 34.2 Å². The van der Waals surface area contributed by atoms with Crippen molar-refractivity contribution in [3.05, 3.63) is 0 Å². The van der Waals surface area contributed by atoms with Crippen molar-refractivity contribution in [2.24, 2.45) is 4.99 Å². The van der Waals surface area contributed by atoms with Crippen molar-refractivity contribution >= 4 is 29.9 Å². The molecule has 0 heterocycles. The first kappa shape index (κ1) is 21.3. The molecular formula is C14H33IN4. The van der Waals surface area contributed by atoms with Gasteiger partial charge in [-0.25, -0.2) is 0 Å². The maximum atomic E-state index is 4.18. The SMILES string of the molecule is CN=C(NCCCCCCCN(C)C)NC(C)C.I. The van der Waals surface area contributed by atoms with Gasteiger partial charge in [-0.1, -0.05) is 19.3 Å². The van der Waals surface area contributed by atoms with E-state index in [-0.39, 0.29) is 24.0 Å². The number of nitrogens with one attached hydrogen (secondary N) is 2. The third-order valence-electron chi connectivity index (χ3n) is 2.72. The topological polar surface area (TPSA) is 39.7 Å². The van der Waals surface area contributed by atoms with Gasteiger partial charge in [-0.2, -0.15) is 0 Å². The molecule has 0 saturated heterocycles. The number of hydrogen-bond donors (Lipinski definition) is 2. The molecule has 2 N–H and O–H groups in total. The number of aliphatic imine (C=N–C) groups is 1. The van der Waals surface area contributed by atoms with E-state index in [1.165, 1.54) is 38.6 Å². The summed E-state index contributed by atoms with van der Waals surface area (Å²) < 4.78 is 0. The van der Waals surface area contributed by atoms with Gasteiger partial charge in [0.1, 0.15) is 0 Å². The minimum Gasteiger partial charge on any atom is -0.356 e. The van der Waals surface area contributed by atoms with Gasteiger partial charge in [0.25, 0.3) is 0 Å². The highest BCUT2D eigenvalue weighted by Gasteiger charge is 1.98. The molecule has 0 bridgehead atoms. The third-order valence-corrected chi connectivity index (χ3v) is 2.72. The molecule has 0 atom stereocenters. The van der Waals surface area contributed by atoms with Crippen LogP contribution in [0.1, 0.15) is 46.0 Å². The summed E-state index contributed by atoms with van der Waals surface area (Å²) in [6.07, 6.45) is 6.53. The van der Waals surface area contributed by atoms with Crippen molar-refractivity contribution in [3.8, 4) is 0 Å². The van der Waals surface area contributed by atoms with Gasteiger partial charge in [0.05, 0.1) is 0 Å². The van der Waals surface area contributed by atoms with Crippen LogP contribution in [0.15, 0.2) is 4.99 Å². The number of nitrogens with zero attached hydrogens (tertiary/aromatic N) is 2. The molecule has 0 unspecified atom stereocenters. The molecule has 5 heteroatoms. The van der Waals surface area contributed by atoms with Crippen LogP contribution in [-0.4, -0.2) is 51.1 Å². The van der Waals surface area contributed by atoms with E-state index in [1.807, 2.05) is 7.05 Å². The average Bonchev–Trinajstić information content (AvgIpc) is 2.30. The molecule has 0 spiro atoms. The minimum absolute atomic E-state index is 0. The highest BCUT2D eigenvalue weighted by molar-refractivity contribution is 14.0. The van der Waals surface area contributed by atoms with E-state index in [1.54, 1.807) is 0 Å². The highest BCUT2D eigenvalue weighted by atomic mass is 127. The van der Waals surface area contributed by atoms with E-state index in [9.17, 15) is 0 Å². The lowest BCUT2D eigenvalue weighted by Gasteiger charge is -2.14. The van der Waals surface area contributed by atoms with Crippen LogP contribution in [0, 0.1) is 0 Å². The minimum atomic E-state index is 0. The standard InChI is InChI=1S/C14H32N4.HI/c1-13(2)17-14(15-3)16-11-9-7-6-8-10-12-18(4)5;/h13H,6-12H2,1-5H3,(H2,15,16,17);1H. The molecule has 0 radical (unpaired) electrons. The molecule has 0 aromatic carbocycles. The quantitative estimate of drug-likeness (QED) is 0.278. The molecule has 116 valence electrons. The van der Waals surface area contributed by atoms with Crippen molar-refractivity contribution < 1.29 is 0 Å². The van der Waals surface area contributed by atoms with E-state index in [4.69, 9.17) is 0 Å². The zero-order chi connectivity index (χ0) is 13.8. The lowest BCUT2D eigenvalue weighted by molar-refractivity contribution is 0.389. The largest absolute Gasteiger partial charge is 0.356 e. The molecule has 0 aliphatic heterocycles. The van der Waals surface area contributed by atoms with Crippen LogP contribution in [0.2, 0.25) is 0 Å². The summed E-state index contributed by atoms with van der Waals surface area (Å²) in [6.45, 7) is 6.47. The lowest BCUT2D eigenvalue weighted by Crippen LogP contribution is -2.41. The second-order valence-corrected chi connectivity index (χ2v) is 5.37. The van der Waals surface area contributed by atoms with Crippen molar-refractivity contribution in [2.45, 2.75) is 52.0 Å². The van der Waals surface area contributed by atoms with Crippen LogP contribution in [0.25, 0.3) is 0 Å². The summed E-state index contributed by atoms with van der Waals surface area (Å²) in [5.41, 5.74) is 0. The number of rotatable bonds is 9. The molecule has 19 heavy (non-hydrogen) atoms. The first-order valence-electron chi connectivity index (χ1n) is 7.18. The van der Waals surface area contributed by atoms with Crippen LogP contribution in [-0.2, 0) is 0 Å². The molecular weight excluding hydrogens is 351 g/mol. The average molecular weight is 384 g/mol. The first-order valence-corrected chi connectivity index (χ1v) is 7.18. The lowest BCUT2D eigenvalue weighted by atomic mass is 10.1. The van der Waals surface area contributed by atoms with Crippen molar-refractivity contribution in [1.29, 1.82) is 0 Å². The Bertz CT molecular complexity index is 217. The third kappa shape index (κ3) is 15.9. The van der Waals surface area contributed by atoms with Crippen LogP contribution >= 0.6 is 24.0 Å². The van der Waals surface area contributed by atoms with Gasteiger partial charge < -0.3 is 15.5 Å². The molecule has 0 saturated carbocycles. The Balaban J connectivity index is 0.